The molecule has 1 unspecified atom stereocenters. The third-order valence-corrected chi connectivity index (χ3v) is 4.62. The second kappa shape index (κ2) is 7.33. The van der Waals surface area contributed by atoms with Gasteiger partial charge in [0.25, 0.3) is 0 Å². The van der Waals surface area contributed by atoms with Gasteiger partial charge in [-0.05, 0) is 30.9 Å². The first-order valence-electron chi connectivity index (χ1n) is 6.91. The Kier molecular flexibility index (Phi) is 5.47. The van der Waals surface area contributed by atoms with Crippen molar-refractivity contribution in [1.29, 1.82) is 0 Å². The maximum Gasteiger partial charge on any atom is 0.303 e. The Morgan fingerprint density at radius 2 is 2.05 bits per heavy atom. The van der Waals surface area contributed by atoms with Crippen molar-refractivity contribution < 1.29 is 14.7 Å². The van der Waals surface area contributed by atoms with E-state index in [4.69, 9.17) is 5.11 Å². The molecule has 0 bridgehead atoms. The van der Waals surface area contributed by atoms with Crippen molar-refractivity contribution in [1.82, 2.24) is 5.32 Å². The molecule has 1 aromatic rings. The Bertz CT molecular complexity index is 465. The van der Waals surface area contributed by atoms with Crippen LogP contribution in [0.25, 0.3) is 0 Å². The summed E-state index contributed by atoms with van der Waals surface area (Å²) in [5.41, 5.74) is 1.25. The van der Waals surface area contributed by atoms with E-state index in [0.717, 1.165) is 19.3 Å². The summed E-state index contributed by atoms with van der Waals surface area (Å²) < 4.78 is 0. The first-order chi connectivity index (χ1) is 9.66. The van der Waals surface area contributed by atoms with Crippen LogP contribution in [-0.2, 0) is 16.0 Å². The van der Waals surface area contributed by atoms with Crippen LogP contribution in [0, 0.1) is 0 Å². The summed E-state index contributed by atoms with van der Waals surface area (Å²) in [7, 11) is 0. The number of fused-ring (bicyclic) bond motifs is 1. The summed E-state index contributed by atoms with van der Waals surface area (Å²) in [5, 5.41) is 11.4. The zero-order chi connectivity index (χ0) is 14.4. The van der Waals surface area contributed by atoms with Gasteiger partial charge in [0.2, 0.25) is 5.91 Å². The molecule has 0 aliphatic carbocycles. The molecular weight excluding hydrogens is 274 g/mol. The van der Waals surface area contributed by atoms with Crippen LogP contribution >= 0.6 is 11.8 Å². The van der Waals surface area contributed by atoms with E-state index in [-0.39, 0.29) is 17.6 Å². The molecule has 1 aliphatic heterocycles. The number of hydrogen-bond acceptors (Lipinski definition) is 3. The Morgan fingerprint density at radius 3 is 2.80 bits per heavy atom. The average molecular weight is 293 g/mol. The lowest BCUT2D eigenvalue weighted by Crippen LogP contribution is -2.33. The van der Waals surface area contributed by atoms with E-state index in [1.54, 1.807) is 11.8 Å². The zero-order valence-electron chi connectivity index (χ0n) is 11.3. The third-order valence-electron chi connectivity index (χ3n) is 3.31. The molecule has 108 valence electrons. The van der Waals surface area contributed by atoms with Crippen LogP contribution < -0.4 is 5.32 Å². The van der Waals surface area contributed by atoms with Gasteiger partial charge in [-0.1, -0.05) is 24.6 Å². The molecule has 1 atom stereocenters. The maximum atomic E-state index is 12.0. The van der Waals surface area contributed by atoms with Crippen LogP contribution in [0.2, 0.25) is 0 Å². The summed E-state index contributed by atoms with van der Waals surface area (Å²) in [4.78, 5) is 23.6. The van der Waals surface area contributed by atoms with Gasteiger partial charge in [0.15, 0.2) is 0 Å². The van der Waals surface area contributed by atoms with E-state index >= 15 is 0 Å². The first kappa shape index (κ1) is 14.9. The number of carboxylic acids is 1. The van der Waals surface area contributed by atoms with Crippen LogP contribution in [0.3, 0.4) is 0 Å². The van der Waals surface area contributed by atoms with E-state index in [0.29, 0.717) is 13.0 Å². The van der Waals surface area contributed by atoms with E-state index in [1.165, 1.54) is 10.5 Å². The molecule has 1 amide bonds. The van der Waals surface area contributed by atoms with Crippen LogP contribution in [0.5, 0.6) is 0 Å². The summed E-state index contributed by atoms with van der Waals surface area (Å²) in [6.07, 6.45) is 3.36. The Balaban J connectivity index is 1.63. The lowest BCUT2D eigenvalue weighted by atomic mass is 10.1. The molecule has 0 fully saturated rings. The third kappa shape index (κ3) is 4.27. The van der Waals surface area contributed by atoms with Crippen LogP contribution in [0.4, 0.5) is 0 Å². The van der Waals surface area contributed by atoms with Crippen molar-refractivity contribution in [3.8, 4) is 0 Å². The van der Waals surface area contributed by atoms with Gasteiger partial charge < -0.3 is 10.4 Å². The Labute approximate surface area is 123 Å². The van der Waals surface area contributed by atoms with E-state index in [9.17, 15) is 9.59 Å². The van der Waals surface area contributed by atoms with Gasteiger partial charge in [0.1, 0.15) is 0 Å². The number of carbonyl (C=O) groups excluding carboxylic acids is 1. The number of amides is 1. The molecule has 0 saturated carbocycles. The molecule has 0 spiro atoms. The monoisotopic (exact) mass is 293 g/mol. The van der Waals surface area contributed by atoms with Gasteiger partial charge in [0.05, 0.1) is 5.25 Å². The quantitative estimate of drug-likeness (QED) is 0.758. The highest BCUT2D eigenvalue weighted by Crippen LogP contribution is 2.36. The molecule has 1 heterocycles. The van der Waals surface area contributed by atoms with Crippen molar-refractivity contribution in [2.75, 3.05) is 6.54 Å². The molecule has 0 saturated heterocycles. The topological polar surface area (TPSA) is 66.4 Å². The second-order valence-corrected chi connectivity index (χ2v) is 6.16. The van der Waals surface area contributed by atoms with Gasteiger partial charge in [-0.25, -0.2) is 0 Å². The number of hydrogen-bond donors (Lipinski definition) is 2. The van der Waals surface area contributed by atoms with Crippen molar-refractivity contribution in [3.05, 3.63) is 29.8 Å². The SMILES string of the molecule is O=C(O)CCCCCNC(=O)C1Cc2ccccc2S1. The molecule has 5 heteroatoms. The second-order valence-electron chi connectivity index (χ2n) is 4.91. The lowest BCUT2D eigenvalue weighted by molar-refractivity contribution is -0.137. The molecule has 20 heavy (non-hydrogen) atoms. The molecular formula is C15H19NO3S. The largest absolute Gasteiger partial charge is 0.481 e. The van der Waals surface area contributed by atoms with Crippen molar-refractivity contribution in [2.45, 2.75) is 42.2 Å². The molecule has 2 N–H and O–H groups in total. The van der Waals surface area contributed by atoms with Crippen molar-refractivity contribution >= 4 is 23.6 Å². The summed E-state index contributed by atoms with van der Waals surface area (Å²) in [6, 6.07) is 8.12. The number of rotatable bonds is 7. The normalized spacial score (nSPS) is 16.7. The molecule has 1 aromatic carbocycles. The molecule has 1 aliphatic rings. The minimum absolute atomic E-state index is 0.0218. The fourth-order valence-electron chi connectivity index (χ4n) is 2.23. The first-order valence-corrected chi connectivity index (χ1v) is 7.79. The van der Waals surface area contributed by atoms with E-state index in [1.807, 2.05) is 12.1 Å². The highest BCUT2D eigenvalue weighted by Gasteiger charge is 2.27. The van der Waals surface area contributed by atoms with Crippen LogP contribution in [0.1, 0.15) is 31.2 Å². The van der Waals surface area contributed by atoms with Crippen LogP contribution in [-0.4, -0.2) is 28.8 Å². The van der Waals surface area contributed by atoms with E-state index in [2.05, 4.69) is 17.4 Å². The van der Waals surface area contributed by atoms with E-state index < -0.39 is 5.97 Å². The number of carboxylic acid groups (broad SMARTS) is 1. The standard InChI is InChI=1S/C15H19NO3S/c17-14(18)8-2-1-5-9-16-15(19)13-10-11-6-3-4-7-12(11)20-13/h3-4,6-7,13H,1-2,5,8-10H2,(H,16,19)(H,17,18). The molecule has 0 aromatic heterocycles. The number of thioether (sulfide) groups is 1. The number of nitrogens with one attached hydrogen (secondary N) is 1. The van der Waals surface area contributed by atoms with Crippen molar-refractivity contribution in [3.63, 3.8) is 0 Å². The fraction of sp³-hybridized carbons (Fsp3) is 0.467. The Hall–Kier alpha value is -1.49. The van der Waals surface area contributed by atoms with Crippen LogP contribution in [0.15, 0.2) is 29.2 Å². The predicted octanol–water partition coefficient (Wildman–Crippen LogP) is 2.46. The number of benzene rings is 1. The summed E-state index contributed by atoms with van der Waals surface area (Å²) >= 11 is 1.63. The highest BCUT2D eigenvalue weighted by atomic mass is 32.2. The minimum atomic E-state index is -0.755. The lowest BCUT2D eigenvalue weighted by Gasteiger charge is -2.09. The molecule has 0 radical (unpaired) electrons. The number of carbonyl (C=O) groups is 2. The fourth-order valence-corrected chi connectivity index (χ4v) is 3.45. The van der Waals surface area contributed by atoms with Gasteiger partial charge in [-0.15, -0.1) is 11.8 Å². The smallest absolute Gasteiger partial charge is 0.303 e. The van der Waals surface area contributed by atoms with Gasteiger partial charge >= 0.3 is 5.97 Å². The van der Waals surface area contributed by atoms with Gasteiger partial charge in [-0.3, -0.25) is 9.59 Å². The molecule has 2 rings (SSSR count). The number of aliphatic carboxylic acids is 1. The average Bonchev–Trinajstić information content (AvgIpc) is 2.86. The maximum absolute atomic E-state index is 12.0. The Morgan fingerprint density at radius 1 is 1.25 bits per heavy atom. The molecule has 4 nitrogen and oxygen atoms in total. The summed E-state index contributed by atoms with van der Waals surface area (Å²) in [6.45, 7) is 0.631. The van der Waals surface area contributed by atoms with Gasteiger partial charge in [0, 0.05) is 17.9 Å². The number of unbranched alkanes of at least 4 members (excludes halogenated alkanes) is 2. The minimum Gasteiger partial charge on any atom is -0.481 e. The van der Waals surface area contributed by atoms with Crippen molar-refractivity contribution in [2.24, 2.45) is 0 Å². The zero-order valence-corrected chi connectivity index (χ0v) is 12.1. The predicted molar refractivity (Wildman–Crippen MR) is 78.9 cm³/mol. The summed E-state index contributed by atoms with van der Waals surface area (Å²) in [5.74, 6) is -0.668. The highest BCUT2D eigenvalue weighted by molar-refractivity contribution is 8.01. The van der Waals surface area contributed by atoms with Gasteiger partial charge in [-0.2, -0.15) is 0 Å².